The van der Waals surface area contributed by atoms with Crippen LogP contribution in [0.1, 0.15) is 55.8 Å². The number of piperidine rings is 1. The number of likely N-dealkylation sites (tertiary alicyclic amines) is 1. The van der Waals surface area contributed by atoms with Crippen LogP contribution in [0, 0.1) is 0 Å². The van der Waals surface area contributed by atoms with Gasteiger partial charge in [-0.15, -0.1) is 0 Å². The molecule has 1 fully saturated rings. The molecule has 1 heterocycles. The smallest absolute Gasteiger partial charge is 0.305 e. The number of rotatable bonds is 8. The highest BCUT2D eigenvalue weighted by Crippen LogP contribution is 2.20. The van der Waals surface area contributed by atoms with E-state index in [1.807, 2.05) is 6.92 Å². The SMILES string of the molecule is CCCC(=O)N1CCCCC1C(=O)Nc1ccc(C(=O)NCCC(=O)O)cc1. The minimum Gasteiger partial charge on any atom is -0.481 e. The maximum absolute atomic E-state index is 12.7. The largest absolute Gasteiger partial charge is 0.481 e. The van der Waals surface area contributed by atoms with Crippen molar-refractivity contribution in [1.82, 2.24) is 10.2 Å². The van der Waals surface area contributed by atoms with Crippen LogP contribution in [-0.4, -0.2) is 52.8 Å². The van der Waals surface area contributed by atoms with Crippen molar-refractivity contribution in [3.8, 4) is 0 Å². The minimum absolute atomic E-state index is 0.00994. The number of aliphatic carboxylic acids is 1. The second-order valence-corrected chi connectivity index (χ2v) is 6.81. The normalized spacial score (nSPS) is 16.3. The van der Waals surface area contributed by atoms with Gasteiger partial charge in [0.2, 0.25) is 11.8 Å². The number of hydrogen-bond donors (Lipinski definition) is 3. The van der Waals surface area contributed by atoms with E-state index >= 15 is 0 Å². The molecule has 1 atom stereocenters. The number of hydrogen-bond acceptors (Lipinski definition) is 4. The van der Waals surface area contributed by atoms with E-state index in [0.717, 1.165) is 19.3 Å². The van der Waals surface area contributed by atoms with Crippen LogP contribution in [-0.2, 0) is 14.4 Å². The standard InChI is InChI=1S/C20H27N3O5/c1-2-5-17(24)23-13-4-3-6-16(23)20(28)22-15-9-7-14(8-10-15)19(27)21-12-11-18(25)26/h7-10,16H,2-6,11-13H2,1H3,(H,21,27)(H,22,28)(H,25,26). The molecule has 1 aromatic carbocycles. The fraction of sp³-hybridized carbons (Fsp3) is 0.500. The summed E-state index contributed by atoms with van der Waals surface area (Å²) in [6, 6.07) is 5.89. The number of carbonyl (C=O) groups is 4. The van der Waals surface area contributed by atoms with Gasteiger partial charge in [-0.25, -0.2) is 0 Å². The van der Waals surface area contributed by atoms with Gasteiger partial charge in [0.1, 0.15) is 6.04 Å². The summed E-state index contributed by atoms with van der Waals surface area (Å²) < 4.78 is 0. The lowest BCUT2D eigenvalue weighted by atomic mass is 10.0. The summed E-state index contributed by atoms with van der Waals surface area (Å²) >= 11 is 0. The molecule has 0 radical (unpaired) electrons. The van der Waals surface area contributed by atoms with E-state index in [1.165, 1.54) is 0 Å². The van der Waals surface area contributed by atoms with E-state index in [0.29, 0.717) is 30.6 Å². The number of nitrogens with zero attached hydrogens (tertiary/aromatic N) is 1. The Hall–Kier alpha value is -2.90. The van der Waals surface area contributed by atoms with E-state index in [2.05, 4.69) is 10.6 Å². The number of anilines is 1. The molecule has 1 aromatic rings. The Labute approximate surface area is 164 Å². The van der Waals surface area contributed by atoms with Gasteiger partial charge in [-0.05, 0) is 49.9 Å². The highest BCUT2D eigenvalue weighted by molar-refractivity contribution is 5.98. The summed E-state index contributed by atoms with van der Waals surface area (Å²) in [6.45, 7) is 2.60. The van der Waals surface area contributed by atoms with Crippen molar-refractivity contribution in [2.75, 3.05) is 18.4 Å². The zero-order valence-corrected chi connectivity index (χ0v) is 16.1. The van der Waals surface area contributed by atoms with Gasteiger partial charge in [0.15, 0.2) is 0 Å². The predicted octanol–water partition coefficient (Wildman–Crippen LogP) is 2.01. The number of carbonyl (C=O) groups excluding carboxylic acids is 3. The fourth-order valence-electron chi connectivity index (χ4n) is 3.18. The summed E-state index contributed by atoms with van der Waals surface area (Å²) in [4.78, 5) is 49.1. The molecular weight excluding hydrogens is 362 g/mol. The molecule has 0 saturated carbocycles. The van der Waals surface area contributed by atoms with Crippen LogP contribution in [0.15, 0.2) is 24.3 Å². The molecule has 28 heavy (non-hydrogen) atoms. The molecule has 8 nitrogen and oxygen atoms in total. The Bertz CT molecular complexity index is 717. The Balaban J connectivity index is 1.94. The molecule has 3 N–H and O–H groups in total. The van der Waals surface area contributed by atoms with Gasteiger partial charge in [-0.2, -0.15) is 0 Å². The van der Waals surface area contributed by atoms with Crippen LogP contribution in [0.3, 0.4) is 0 Å². The maximum atomic E-state index is 12.7. The van der Waals surface area contributed by atoms with Gasteiger partial charge < -0.3 is 20.6 Å². The van der Waals surface area contributed by atoms with Gasteiger partial charge in [0, 0.05) is 30.8 Å². The average Bonchev–Trinajstić information content (AvgIpc) is 2.68. The van der Waals surface area contributed by atoms with Gasteiger partial charge in [0.05, 0.1) is 6.42 Å². The molecule has 152 valence electrons. The van der Waals surface area contributed by atoms with Crippen LogP contribution in [0.25, 0.3) is 0 Å². The van der Waals surface area contributed by atoms with E-state index < -0.39 is 12.0 Å². The third kappa shape index (κ3) is 6.07. The number of amides is 3. The van der Waals surface area contributed by atoms with E-state index in [9.17, 15) is 19.2 Å². The first-order valence-electron chi connectivity index (χ1n) is 9.62. The van der Waals surface area contributed by atoms with E-state index in [4.69, 9.17) is 5.11 Å². The molecule has 0 aliphatic carbocycles. The first-order valence-corrected chi connectivity index (χ1v) is 9.62. The third-order valence-electron chi connectivity index (χ3n) is 4.63. The lowest BCUT2D eigenvalue weighted by Crippen LogP contribution is -2.49. The first-order chi connectivity index (χ1) is 13.4. The Morgan fingerprint density at radius 1 is 1.11 bits per heavy atom. The molecule has 3 amide bonds. The second kappa shape index (κ2) is 10.4. The Kier molecular flexibility index (Phi) is 7.98. The van der Waals surface area contributed by atoms with Crippen LogP contribution in [0.2, 0.25) is 0 Å². The van der Waals surface area contributed by atoms with Crippen LogP contribution < -0.4 is 10.6 Å². The maximum Gasteiger partial charge on any atom is 0.305 e. The Morgan fingerprint density at radius 3 is 2.46 bits per heavy atom. The highest BCUT2D eigenvalue weighted by atomic mass is 16.4. The summed E-state index contributed by atoms with van der Waals surface area (Å²) in [5.41, 5.74) is 0.918. The molecule has 0 aromatic heterocycles. The topological polar surface area (TPSA) is 116 Å². The first kappa shape index (κ1) is 21.4. The van der Waals surface area contributed by atoms with Crippen LogP contribution >= 0.6 is 0 Å². The van der Waals surface area contributed by atoms with Gasteiger partial charge in [-0.3, -0.25) is 19.2 Å². The summed E-state index contributed by atoms with van der Waals surface area (Å²) in [6.07, 6.45) is 3.50. The van der Waals surface area contributed by atoms with E-state index in [-0.39, 0.29) is 30.7 Å². The molecule has 1 aliphatic heterocycles. The summed E-state index contributed by atoms with van der Waals surface area (Å²) in [7, 11) is 0. The zero-order valence-electron chi connectivity index (χ0n) is 16.1. The Morgan fingerprint density at radius 2 is 1.82 bits per heavy atom. The van der Waals surface area contributed by atoms with Crippen molar-refractivity contribution in [3.63, 3.8) is 0 Å². The van der Waals surface area contributed by atoms with Gasteiger partial charge >= 0.3 is 5.97 Å². The molecule has 0 spiro atoms. The average molecular weight is 389 g/mol. The zero-order chi connectivity index (χ0) is 20.5. The van der Waals surface area contributed by atoms with Gasteiger partial charge in [0.25, 0.3) is 5.91 Å². The fourth-order valence-corrected chi connectivity index (χ4v) is 3.18. The van der Waals surface area contributed by atoms with Crippen molar-refractivity contribution in [2.24, 2.45) is 0 Å². The monoisotopic (exact) mass is 389 g/mol. The lowest BCUT2D eigenvalue weighted by Gasteiger charge is -2.34. The second-order valence-electron chi connectivity index (χ2n) is 6.81. The van der Waals surface area contributed by atoms with Crippen LogP contribution in [0.4, 0.5) is 5.69 Å². The van der Waals surface area contributed by atoms with Gasteiger partial charge in [-0.1, -0.05) is 6.92 Å². The van der Waals surface area contributed by atoms with E-state index in [1.54, 1.807) is 29.2 Å². The van der Waals surface area contributed by atoms with Crippen molar-refractivity contribution in [3.05, 3.63) is 29.8 Å². The molecule has 8 heteroatoms. The summed E-state index contributed by atoms with van der Waals surface area (Å²) in [5.74, 6) is -1.56. The van der Waals surface area contributed by atoms with Crippen molar-refractivity contribution < 1.29 is 24.3 Å². The third-order valence-corrected chi connectivity index (χ3v) is 4.63. The quantitative estimate of drug-likeness (QED) is 0.629. The summed E-state index contributed by atoms with van der Waals surface area (Å²) in [5, 5.41) is 13.9. The van der Waals surface area contributed by atoms with Crippen LogP contribution in [0.5, 0.6) is 0 Å². The molecule has 1 unspecified atom stereocenters. The molecule has 1 saturated heterocycles. The van der Waals surface area contributed by atoms with Crippen molar-refractivity contribution in [2.45, 2.75) is 51.5 Å². The highest BCUT2D eigenvalue weighted by Gasteiger charge is 2.31. The minimum atomic E-state index is -0.979. The predicted molar refractivity (Wildman–Crippen MR) is 104 cm³/mol. The molecular formula is C20H27N3O5. The molecule has 0 bridgehead atoms. The molecule has 1 aliphatic rings. The number of benzene rings is 1. The molecule has 2 rings (SSSR count). The van der Waals surface area contributed by atoms with Crippen molar-refractivity contribution in [1.29, 1.82) is 0 Å². The van der Waals surface area contributed by atoms with Crippen molar-refractivity contribution >= 4 is 29.4 Å². The number of carboxylic acid groups (broad SMARTS) is 1. The number of carboxylic acids is 1. The number of nitrogens with one attached hydrogen (secondary N) is 2. The lowest BCUT2D eigenvalue weighted by molar-refractivity contribution is -0.140.